The molecule has 2 aliphatic rings. The lowest BCUT2D eigenvalue weighted by Gasteiger charge is -2.31. The van der Waals surface area contributed by atoms with Crippen molar-refractivity contribution in [2.75, 3.05) is 25.1 Å². The van der Waals surface area contributed by atoms with Crippen molar-refractivity contribution in [3.05, 3.63) is 58.6 Å². The Kier molecular flexibility index (Phi) is 4.79. The molecule has 1 unspecified atom stereocenters. The summed E-state index contributed by atoms with van der Waals surface area (Å²) in [5.41, 5.74) is 3.12. The number of carbonyl (C=O) groups is 2. The molecule has 2 aliphatic heterocycles. The molecule has 2 aromatic carbocycles. The van der Waals surface area contributed by atoms with E-state index in [-0.39, 0.29) is 24.2 Å². The summed E-state index contributed by atoms with van der Waals surface area (Å²) in [6.45, 7) is 1.65. The fourth-order valence-electron chi connectivity index (χ4n) is 3.87. The zero-order valence-electron chi connectivity index (χ0n) is 15.2. The molecule has 0 radical (unpaired) electrons. The summed E-state index contributed by atoms with van der Waals surface area (Å²) in [7, 11) is 1.64. The Hall–Kier alpha value is -2.53. The van der Waals surface area contributed by atoms with Crippen molar-refractivity contribution < 1.29 is 14.3 Å². The first kappa shape index (κ1) is 17.9. The molecule has 0 saturated carbocycles. The molecule has 2 amide bonds. The van der Waals surface area contributed by atoms with Crippen LogP contribution < -0.4 is 9.64 Å². The number of rotatable bonds is 3. The van der Waals surface area contributed by atoms with Crippen LogP contribution in [0.25, 0.3) is 0 Å². The molecule has 6 heteroatoms. The molecule has 2 aromatic rings. The molecule has 1 fully saturated rings. The van der Waals surface area contributed by atoms with Gasteiger partial charge in [0.15, 0.2) is 0 Å². The lowest BCUT2D eigenvalue weighted by atomic mass is 9.97. The van der Waals surface area contributed by atoms with E-state index in [0.29, 0.717) is 24.7 Å². The second kappa shape index (κ2) is 7.24. The molecule has 0 aromatic heterocycles. The molecule has 1 atom stereocenters. The van der Waals surface area contributed by atoms with Crippen LogP contribution >= 0.6 is 11.6 Å². The Labute approximate surface area is 163 Å². The molecule has 0 spiro atoms. The van der Waals surface area contributed by atoms with Crippen LogP contribution in [-0.4, -0.2) is 36.9 Å². The average Bonchev–Trinajstić information content (AvgIpc) is 3.08. The topological polar surface area (TPSA) is 49.9 Å². The van der Waals surface area contributed by atoms with Crippen molar-refractivity contribution >= 4 is 29.1 Å². The van der Waals surface area contributed by atoms with Gasteiger partial charge >= 0.3 is 0 Å². The maximum Gasteiger partial charge on any atom is 0.228 e. The highest BCUT2D eigenvalue weighted by molar-refractivity contribution is 6.31. The molecular weight excluding hydrogens is 364 g/mol. The van der Waals surface area contributed by atoms with Gasteiger partial charge in [-0.2, -0.15) is 0 Å². The summed E-state index contributed by atoms with van der Waals surface area (Å²) in [6.07, 6.45) is 1.07. The first-order valence-electron chi connectivity index (χ1n) is 9.05. The Morgan fingerprint density at radius 1 is 1.19 bits per heavy atom. The summed E-state index contributed by atoms with van der Waals surface area (Å²) in [4.78, 5) is 29.0. The molecule has 1 saturated heterocycles. The van der Waals surface area contributed by atoms with Crippen LogP contribution in [0.2, 0.25) is 5.02 Å². The second-order valence-corrected chi connectivity index (χ2v) is 7.47. The lowest BCUT2D eigenvalue weighted by molar-refractivity contribution is -0.136. The van der Waals surface area contributed by atoms with E-state index in [0.717, 1.165) is 23.4 Å². The number of fused-ring (bicyclic) bond motifs is 1. The molecular formula is C21H21ClN2O3. The molecule has 140 valence electrons. The predicted molar refractivity (Wildman–Crippen MR) is 104 cm³/mol. The third kappa shape index (κ3) is 3.52. The number of hydrogen-bond acceptors (Lipinski definition) is 3. The largest absolute Gasteiger partial charge is 0.497 e. The highest BCUT2D eigenvalue weighted by Crippen LogP contribution is 2.30. The van der Waals surface area contributed by atoms with Gasteiger partial charge in [-0.25, -0.2) is 0 Å². The highest BCUT2D eigenvalue weighted by atomic mass is 35.5. The van der Waals surface area contributed by atoms with E-state index in [4.69, 9.17) is 16.3 Å². The minimum absolute atomic E-state index is 0.0327. The maximum atomic E-state index is 13.0. The summed E-state index contributed by atoms with van der Waals surface area (Å²) in [5, 5.41) is 0.580. The van der Waals surface area contributed by atoms with E-state index < -0.39 is 0 Å². The third-order valence-electron chi connectivity index (χ3n) is 5.33. The number of methoxy groups -OCH3 is 1. The van der Waals surface area contributed by atoms with Gasteiger partial charge in [0.2, 0.25) is 11.8 Å². The van der Waals surface area contributed by atoms with Gasteiger partial charge in [-0.15, -0.1) is 0 Å². The molecule has 5 nitrogen and oxygen atoms in total. The van der Waals surface area contributed by atoms with E-state index in [1.807, 2.05) is 29.2 Å². The standard InChI is InChI=1S/C21H21ClN2O3/c1-27-19-6-5-14-7-8-23(12-15(14)9-19)21(26)16-10-20(25)24(13-16)18-4-2-3-17(22)11-18/h2-6,9,11,16H,7-8,10,12-13H2,1H3. The SMILES string of the molecule is COc1ccc2c(c1)CN(C(=O)C1CC(=O)N(c3cccc(Cl)c3)C1)CC2. The molecule has 0 aliphatic carbocycles. The number of hydrogen-bond donors (Lipinski definition) is 0. The van der Waals surface area contributed by atoms with Crippen LogP contribution in [0.3, 0.4) is 0 Å². The van der Waals surface area contributed by atoms with Crippen LogP contribution in [0.4, 0.5) is 5.69 Å². The van der Waals surface area contributed by atoms with Crippen LogP contribution in [0.15, 0.2) is 42.5 Å². The fourth-order valence-corrected chi connectivity index (χ4v) is 4.06. The minimum atomic E-state index is -0.316. The van der Waals surface area contributed by atoms with Gasteiger partial charge in [-0.1, -0.05) is 23.7 Å². The van der Waals surface area contributed by atoms with Crippen LogP contribution in [0.5, 0.6) is 5.75 Å². The van der Waals surface area contributed by atoms with E-state index in [9.17, 15) is 9.59 Å². The van der Waals surface area contributed by atoms with Gasteiger partial charge in [0.05, 0.1) is 13.0 Å². The van der Waals surface area contributed by atoms with Crippen molar-refractivity contribution in [1.29, 1.82) is 0 Å². The lowest BCUT2D eigenvalue weighted by Crippen LogP contribution is -2.40. The fraction of sp³-hybridized carbons (Fsp3) is 0.333. The third-order valence-corrected chi connectivity index (χ3v) is 5.57. The van der Waals surface area contributed by atoms with Gasteiger partial charge in [-0.05, 0) is 47.9 Å². The average molecular weight is 385 g/mol. The van der Waals surface area contributed by atoms with E-state index in [2.05, 4.69) is 6.07 Å². The maximum absolute atomic E-state index is 13.0. The number of benzene rings is 2. The number of halogens is 1. The normalized spacial score (nSPS) is 19.2. The molecule has 2 heterocycles. The summed E-state index contributed by atoms with van der Waals surface area (Å²) in [5.74, 6) is 0.492. The van der Waals surface area contributed by atoms with E-state index >= 15 is 0 Å². The van der Waals surface area contributed by atoms with Crippen LogP contribution in [0, 0.1) is 5.92 Å². The van der Waals surface area contributed by atoms with Gasteiger partial charge in [0.25, 0.3) is 0 Å². The monoisotopic (exact) mass is 384 g/mol. The van der Waals surface area contributed by atoms with E-state index in [1.165, 1.54) is 5.56 Å². The predicted octanol–water partition coefficient (Wildman–Crippen LogP) is 3.29. The zero-order valence-corrected chi connectivity index (χ0v) is 15.9. The quantitative estimate of drug-likeness (QED) is 0.816. The van der Waals surface area contributed by atoms with Crippen molar-refractivity contribution in [2.45, 2.75) is 19.4 Å². The number of carbonyl (C=O) groups excluding carboxylic acids is 2. The minimum Gasteiger partial charge on any atom is -0.497 e. The smallest absolute Gasteiger partial charge is 0.228 e. The molecule has 0 bridgehead atoms. The van der Waals surface area contributed by atoms with E-state index in [1.54, 1.807) is 24.1 Å². The zero-order chi connectivity index (χ0) is 19.0. The Morgan fingerprint density at radius 3 is 2.81 bits per heavy atom. The first-order valence-corrected chi connectivity index (χ1v) is 9.43. The molecule has 27 heavy (non-hydrogen) atoms. The van der Waals surface area contributed by atoms with Crippen LogP contribution in [-0.2, 0) is 22.6 Å². The Balaban J connectivity index is 1.48. The van der Waals surface area contributed by atoms with Gasteiger partial charge in [0.1, 0.15) is 5.75 Å². The van der Waals surface area contributed by atoms with Crippen LogP contribution in [0.1, 0.15) is 17.5 Å². The number of ether oxygens (including phenoxy) is 1. The van der Waals surface area contributed by atoms with Crippen molar-refractivity contribution in [1.82, 2.24) is 4.90 Å². The van der Waals surface area contributed by atoms with Crippen molar-refractivity contribution in [3.8, 4) is 5.75 Å². The molecule has 0 N–H and O–H groups in total. The summed E-state index contributed by atoms with van der Waals surface area (Å²) < 4.78 is 5.30. The van der Waals surface area contributed by atoms with Gasteiger partial charge in [-0.3, -0.25) is 9.59 Å². The Bertz CT molecular complexity index is 899. The summed E-state index contributed by atoms with van der Waals surface area (Å²) >= 11 is 6.04. The summed E-state index contributed by atoms with van der Waals surface area (Å²) in [6, 6.07) is 13.2. The highest BCUT2D eigenvalue weighted by Gasteiger charge is 2.38. The van der Waals surface area contributed by atoms with Gasteiger partial charge < -0.3 is 14.5 Å². The number of amides is 2. The van der Waals surface area contributed by atoms with Crippen molar-refractivity contribution in [2.24, 2.45) is 5.92 Å². The number of anilines is 1. The number of nitrogens with zero attached hydrogens (tertiary/aromatic N) is 2. The van der Waals surface area contributed by atoms with Crippen molar-refractivity contribution in [3.63, 3.8) is 0 Å². The first-order chi connectivity index (χ1) is 13.0. The molecule has 4 rings (SSSR count). The van der Waals surface area contributed by atoms with Gasteiger partial charge in [0, 0.05) is 36.8 Å². The Morgan fingerprint density at radius 2 is 2.04 bits per heavy atom. The second-order valence-electron chi connectivity index (χ2n) is 7.03.